The van der Waals surface area contributed by atoms with Gasteiger partial charge in [0.05, 0.1) is 12.6 Å². The van der Waals surface area contributed by atoms with Crippen molar-refractivity contribution in [3.8, 4) is 5.75 Å². The second-order valence-electron chi connectivity index (χ2n) is 4.93. The molecule has 5 heteroatoms. The third-order valence-electron chi connectivity index (χ3n) is 3.49. The summed E-state index contributed by atoms with van der Waals surface area (Å²) in [5.41, 5.74) is 9.50. The summed E-state index contributed by atoms with van der Waals surface area (Å²) in [5.74, 6) is 0.369. The Bertz CT molecular complexity index is 802. The van der Waals surface area contributed by atoms with E-state index < -0.39 is 5.76 Å². The average Bonchev–Trinajstić information content (AvgIpc) is 2.87. The summed E-state index contributed by atoms with van der Waals surface area (Å²) in [4.78, 5) is 13.8. The summed E-state index contributed by atoms with van der Waals surface area (Å²) in [6, 6.07) is 13.2. The molecule has 0 saturated carbocycles. The van der Waals surface area contributed by atoms with Crippen LogP contribution in [-0.4, -0.2) is 12.1 Å². The van der Waals surface area contributed by atoms with Gasteiger partial charge in [-0.05, 0) is 41.8 Å². The summed E-state index contributed by atoms with van der Waals surface area (Å²) < 4.78 is 10.2. The summed E-state index contributed by atoms with van der Waals surface area (Å²) in [6.45, 7) is 0. The van der Waals surface area contributed by atoms with Crippen LogP contribution in [0.25, 0.3) is 11.1 Å². The van der Waals surface area contributed by atoms with Crippen molar-refractivity contribution in [2.24, 2.45) is 5.73 Å². The maximum atomic E-state index is 11.2. The van der Waals surface area contributed by atoms with Gasteiger partial charge in [-0.25, -0.2) is 4.79 Å². The van der Waals surface area contributed by atoms with Gasteiger partial charge in [0.1, 0.15) is 5.75 Å². The molecule has 1 heterocycles. The molecule has 5 nitrogen and oxygen atoms in total. The second-order valence-corrected chi connectivity index (χ2v) is 4.93. The normalized spacial score (nSPS) is 12.5. The molecule has 0 saturated heterocycles. The van der Waals surface area contributed by atoms with Crippen LogP contribution in [0.1, 0.15) is 17.2 Å². The molecule has 1 unspecified atom stereocenters. The molecule has 3 rings (SSSR count). The molecule has 0 radical (unpaired) electrons. The van der Waals surface area contributed by atoms with Crippen LogP contribution >= 0.6 is 0 Å². The molecule has 0 aliphatic carbocycles. The van der Waals surface area contributed by atoms with Gasteiger partial charge in [0.2, 0.25) is 0 Å². The molecule has 3 aromatic rings. The number of nitrogens with one attached hydrogen (secondary N) is 1. The zero-order valence-corrected chi connectivity index (χ0v) is 11.6. The third kappa shape index (κ3) is 2.83. The molecule has 2 aromatic carbocycles. The van der Waals surface area contributed by atoms with Crippen molar-refractivity contribution in [3.63, 3.8) is 0 Å². The minimum atomic E-state index is -0.453. The number of hydrogen-bond donors (Lipinski definition) is 2. The van der Waals surface area contributed by atoms with Crippen LogP contribution in [0.2, 0.25) is 0 Å². The number of nitrogens with two attached hydrogens (primary N) is 1. The van der Waals surface area contributed by atoms with Crippen molar-refractivity contribution in [2.75, 3.05) is 7.11 Å². The molecule has 0 bridgehead atoms. The van der Waals surface area contributed by atoms with Crippen molar-refractivity contribution in [2.45, 2.75) is 12.5 Å². The number of benzene rings is 2. The molecular weight excluding hydrogens is 268 g/mol. The Morgan fingerprint density at radius 2 is 2.00 bits per heavy atom. The predicted octanol–water partition coefficient (Wildman–Crippen LogP) is 2.37. The van der Waals surface area contributed by atoms with Crippen LogP contribution in [0.15, 0.2) is 51.7 Å². The molecule has 1 atom stereocenters. The third-order valence-corrected chi connectivity index (χ3v) is 3.49. The molecule has 0 aliphatic heterocycles. The van der Waals surface area contributed by atoms with Gasteiger partial charge in [-0.1, -0.05) is 18.2 Å². The highest BCUT2D eigenvalue weighted by atomic mass is 16.5. The standard InChI is InChI=1S/C16H16N2O3/c1-20-12-5-2-10(3-6-12)8-13(17)11-4-7-14-15(9-11)21-16(19)18-14/h2-7,9,13H,8,17H2,1H3,(H,18,19). The van der Waals surface area contributed by atoms with Gasteiger partial charge < -0.3 is 14.9 Å². The van der Waals surface area contributed by atoms with Gasteiger partial charge in [0.15, 0.2) is 5.58 Å². The minimum Gasteiger partial charge on any atom is -0.497 e. The van der Waals surface area contributed by atoms with E-state index >= 15 is 0 Å². The van der Waals surface area contributed by atoms with E-state index in [1.165, 1.54) is 0 Å². The maximum absolute atomic E-state index is 11.2. The Hall–Kier alpha value is -2.53. The number of H-pyrrole nitrogens is 1. The number of methoxy groups -OCH3 is 1. The van der Waals surface area contributed by atoms with Crippen LogP contribution in [0.5, 0.6) is 5.75 Å². The van der Waals surface area contributed by atoms with Gasteiger partial charge in [0.25, 0.3) is 0 Å². The van der Waals surface area contributed by atoms with Crippen LogP contribution in [0.3, 0.4) is 0 Å². The average molecular weight is 284 g/mol. The highest BCUT2D eigenvalue weighted by Gasteiger charge is 2.10. The fraction of sp³-hybridized carbons (Fsp3) is 0.188. The van der Waals surface area contributed by atoms with E-state index in [2.05, 4.69) is 4.98 Å². The van der Waals surface area contributed by atoms with E-state index in [0.29, 0.717) is 17.5 Å². The van der Waals surface area contributed by atoms with E-state index in [1.807, 2.05) is 36.4 Å². The Kier molecular flexibility index (Phi) is 3.50. The fourth-order valence-electron chi connectivity index (χ4n) is 2.33. The molecule has 0 aliphatic rings. The van der Waals surface area contributed by atoms with Crippen LogP contribution in [-0.2, 0) is 6.42 Å². The monoisotopic (exact) mass is 284 g/mol. The minimum absolute atomic E-state index is 0.164. The number of ether oxygens (including phenoxy) is 1. The van der Waals surface area contributed by atoms with Crippen molar-refractivity contribution in [3.05, 3.63) is 64.1 Å². The number of oxazole rings is 1. The Morgan fingerprint density at radius 3 is 2.71 bits per heavy atom. The first-order valence-corrected chi connectivity index (χ1v) is 6.67. The number of aromatic amines is 1. The maximum Gasteiger partial charge on any atom is 0.417 e. The summed E-state index contributed by atoms with van der Waals surface area (Å²) >= 11 is 0. The highest BCUT2D eigenvalue weighted by Crippen LogP contribution is 2.21. The number of hydrogen-bond acceptors (Lipinski definition) is 4. The van der Waals surface area contributed by atoms with Crippen molar-refractivity contribution >= 4 is 11.1 Å². The van der Waals surface area contributed by atoms with Crippen LogP contribution in [0, 0.1) is 0 Å². The number of aromatic nitrogens is 1. The SMILES string of the molecule is COc1ccc(CC(N)c2ccc3[nH]c(=O)oc3c2)cc1. The summed E-state index contributed by atoms with van der Waals surface area (Å²) in [7, 11) is 1.64. The largest absolute Gasteiger partial charge is 0.497 e. The van der Waals surface area contributed by atoms with E-state index in [4.69, 9.17) is 14.9 Å². The lowest BCUT2D eigenvalue weighted by molar-refractivity contribution is 0.414. The molecule has 1 aromatic heterocycles. The van der Waals surface area contributed by atoms with Gasteiger partial charge >= 0.3 is 5.76 Å². The molecule has 3 N–H and O–H groups in total. The fourth-order valence-corrected chi connectivity index (χ4v) is 2.33. The number of fused-ring (bicyclic) bond motifs is 1. The molecule has 0 amide bonds. The Morgan fingerprint density at radius 1 is 1.24 bits per heavy atom. The van der Waals surface area contributed by atoms with Gasteiger partial charge in [0, 0.05) is 6.04 Å². The zero-order valence-electron chi connectivity index (χ0n) is 11.6. The first kappa shape index (κ1) is 13.5. The lowest BCUT2D eigenvalue weighted by Gasteiger charge is -2.12. The summed E-state index contributed by atoms with van der Waals surface area (Å²) in [6.07, 6.45) is 0.699. The highest BCUT2D eigenvalue weighted by molar-refractivity contribution is 5.72. The zero-order chi connectivity index (χ0) is 14.8. The lowest BCUT2D eigenvalue weighted by Crippen LogP contribution is -2.13. The van der Waals surface area contributed by atoms with Crippen molar-refractivity contribution in [1.82, 2.24) is 4.98 Å². The Labute approximate surface area is 121 Å². The predicted molar refractivity (Wildman–Crippen MR) is 80.5 cm³/mol. The van der Waals surface area contributed by atoms with Gasteiger partial charge in [-0.2, -0.15) is 0 Å². The summed E-state index contributed by atoms with van der Waals surface area (Å²) in [5, 5.41) is 0. The van der Waals surface area contributed by atoms with E-state index in [9.17, 15) is 4.79 Å². The molecular formula is C16H16N2O3. The van der Waals surface area contributed by atoms with Crippen LogP contribution < -0.4 is 16.2 Å². The van der Waals surface area contributed by atoms with E-state index in [1.54, 1.807) is 13.2 Å². The van der Waals surface area contributed by atoms with Gasteiger partial charge in [-0.15, -0.1) is 0 Å². The molecule has 108 valence electrons. The van der Waals surface area contributed by atoms with Gasteiger partial charge in [-0.3, -0.25) is 4.98 Å². The lowest BCUT2D eigenvalue weighted by atomic mass is 9.99. The molecule has 0 spiro atoms. The van der Waals surface area contributed by atoms with Crippen LogP contribution in [0.4, 0.5) is 0 Å². The first-order chi connectivity index (χ1) is 10.2. The van der Waals surface area contributed by atoms with E-state index in [-0.39, 0.29) is 6.04 Å². The van der Waals surface area contributed by atoms with E-state index in [0.717, 1.165) is 16.9 Å². The Balaban J connectivity index is 1.81. The smallest absolute Gasteiger partial charge is 0.417 e. The van der Waals surface area contributed by atoms with Crippen molar-refractivity contribution in [1.29, 1.82) is 0 Å². The topological polar surface area (TPSA) is 81.2 Å². The first-order valence-electron chi connectivity index (χ1n) is 6.67. The molecule has 0 fully saturated rings. The second kappa shape index (κ2) is 5.46. The number of rotatable bonds is 4. The molecule has 21 heavy (non-hydrogen) atoms. The quantitative estimate of drug-likeness (QED) is 0.770. The van der Waals surface area contributed by atoms with Crippen molar-refractivity contribution < 1.29 is 9.15 Å².